The number of aryl methyl sites for hydroxylation is 2. The molecule has 0 radical (unpaired) electrons. The molecule has 0 spiro atoms. The molecule has 0 aliphatic heterocycles. The Labute approximate surface area is 166 Å². The number of nitrogens with one attached hydrogen (secondary N) is 1. The van der Waals surface area contributed by atoms with Gasteiger partial charge in [0, 0.05) is 16.3 Å². The van der Waals surface area contributed by atoms with Gasteiger partial charge in [0.05, 0.1) is 5.75 Å². The molecule has 3 aromatic rings. The lowest BCUT2D eigenvalue weighted by Crippen LogP contribution is -2.14. The van der Waals surface area contributed by atoms with Crippen molar-refractivity contribution in [1.29, 1.82) is 0 Å². The summed E-state index contributed by atoms with van der Waals surface area (Å²) in [6.45, 7) is 4.17. The minimum absolute atomic E-state index is 0.0711. The van der Waals surface area contributed by atoms with Gasteiger partial charge >= 0.3 is 0 Å². The normalized spacial score (nSPS) is 10.7. The van der Waals surface area contributed by atoms with Gasteiger partial charge < -0.3 is 0 Å². The molecule has 0 atom stereocenters. The summed E-state index contributed by atoms with van der Waals surface area (Å²) in [5.41, 5.74) is 4.65. The van der Waals surface area contributed by atoms with Crippen molar-refractivity contribution in [1.82, 2.24) is 10.2 Å². The lowest BCUT2D eigenvalue weighted by molar-refractivity contribution is -0.113. The molecule has 2 aromatic carbocycles. The van der Waals surface area contributed by atoms with Crippen LogP contribution in [0.1, 0.15) is 16.7 Å². The van der Waals surface area contributed by atoms with Crippen molar-refractivity contribution in [3.05, 3.63) is 64.2 Å². The molecule has 4 nitrogen and oxygen atoms in total. The van der Waals surface area contributed by atoms with Gasteiger partial charge in [0.1, 0.15) is 5.01 Å². The molecular weight excluding hydrogens is 386 g/mol. The first-order valence-corrected chi connectivity index (χ1v) is 10.4. The number of hydrogen-bond donors (Lipinski definition) is 1. The molecule has 0 fully saturated rings. The summed E-state index contributed by atoms with van der Waals surface area (Å²) < 4.78 is 0. The number of carbonyl (C=O) groups excluding carboxylic acids is 1. The number of aromatic nitrogens is 2. The Morgan fingerprint density at radius 1 is 1.12 bits per heavy atom. The molecule has 0 saturated carbocycles. The smallest absolute Gasteiger partial charge is 0.236 e. The highest BCUT2D eigenvalue weighted by atomic mass is 35.5. The number of rotatable bonds is 6. The van der Waals surface area contributed by atoms with Crippen LogP contribution in [-0.2, 0) is 10.5 Å². The Hall–Kier alpha value is -1.89. The average Bonchev–Trinajstić information content (AvgIpc) is 3.03. The number of nitrogens with zero attached hydrogens (tertiary/aromatic N) is 2. The fraction of sp³-hybridized carbons (Fsp3) is 0.211. The van der Waals surface area contributed by atoms with E-state index < -0.39 is 0 Å². The maximum Gasteiger partial charge on any atom is 0.236 e. The van der Waals surface area contributed by atoms with Crippen molar-refractivity contribution < 1.29 is 4.79 Å². The third-order valence-electron chi connectivity index (χ3n) is 3.55. The monoisotopic (exact) mass is 403 g/mol. The first kappa shape index (κ1) is 18.9. The van der Waals surface area contributed by atoms with Crippen LogP contribution < -0.4 is 5.32 Å². The second-order valence-corrected chi connectivity index (χ2v) is 8.36. The van der Waals surface area contributed by atoms with Gasteiger partial charge in [-0.25, -0.2) is 0 Å². The molecule has 134 valence electrons. The minimum atomic E-state index is -0.0711. The summed E-state index contributed by atoms with van der Waals surface area (Å²) >= 11 is 8.82. The Morgan fingerprint density at radius 3 is 2.50 bits per heavy atom. The molecule has 0 saturated heterocycles. The van der Waals surface area contributed by atoms with Gasteiger partial charge in [0.15, 0.2) is 0 Å². The van der Waals surface area contributed by atoms with Gasteiger partial charge in [0.25, 0.3) is 0 Å². The van der Waals surface area contributed by atoms with Gasteiger partial charge in [-0.3, -0.25) is 10.1 Å². The fourth-order valence-electron chi connectivity index (χ4n) is 2.55. The third-order valence-corrected chi connectivity index (χ3v) is 5.69. The lowest BCUT2D eigenvalue weighted by Gasteiger charge is -2.05. The molecule has 0 unspecified atom stereocenters. The molecule has 26 heavy (non-hydrogen) atoms. The maximum atomic E-state index is 12.1. The number of carbonyl (C=O) groups is 1. The van der Waals surface area contributed by atoms with Crippen LogP contribution >= 0.6 is 34.7 Å². The summed E-state index contributed by atoms with van der Waals surface area (Å²) in [6, 6.07) is 13.8. The van der Waals surface area contributed by atoms with Crippen LogP contribution in [0.5, 0.6) is 0 Å². The standard InChI is InChI=1S/C19H18ClN3OS2/c1-12-7-13(2)9-14(8-12)10-25-11-17(24)21-19-23-22-18(26-19)15-3-5-16(20)6-4-15/h3-9H,10-11H2,1-2H3,(H,21,23,24). The van der Waals surface area contributed by atoms with Crippen LogP contribution in [0.3, 0.4) is 0 Å². The van der Waals surface area contributed by atoms with Crippen LogP contribution in [0.4, 0.5) is 5.13 Å². The van der Waals surface area contributed by atoms with Gasteiger partial charge in [-0.15, -0.1) is 22.0 Å². The molecule has 0 aliphatic carbocycles. The van der Waals surface area contributed by atoms with E-state index in [2.05, 4.69) is 47.6 Å². The topological polar surface area (TPSA) is 54.9 Å². The van der Waals surface area contributed by atoms with E-state index in [0.29, 0.717) is 15.9 Å². The van der Waals surface area contributed by atoms with Crippen molar-refractivity contribution in [2.45, 2.75) is 19.6 Å². The van der Waals surface area contributed by atoms with Gasteiger partial charge in [-0.2, -0.15) is 0 Å². The largest absolute Gasteiger partial charge is 0.300 e. The van der Waals surface area contributed by atoms with Crippen LogP contribution in [0.15, 0.2) is 42.5 Å². The highest BCUT2D eigenvalue weighted by Gasteiger charge is 2.10. The average molecular weight is 404 g/mol. The maximum absolute atomic E-state index is 12.1. The quantitative estimate of drug-likeness (QED) is 0.602. The highest BCUT2D eigenvalue weighted by Crippen LogP contribution is 2.27. The second-order valence-electron chi connectivity index (χ2n) is 5.96. The first-order chi connectivity index (χ1) is 12.5. The second kappa shape index (κ2) is 8.66. The van der Waals surface area contributed by atoms with Crippen molar-refractivity contribution in [2.75, 3.05) is 11.1 Å². The third kappa shape index (κ3) is 5.30. The Morgan fingerprint density at radius 2 is 1.81 bits per heavy atom. The Bertz CT molecular complexity index is 889. The minimum Gasteiger partial charge on any atom is -0.300 e. The highest BCUT2D eigenvalue weighted by molar-refractivity contribution is 7.99. The van der Waals surface area contributed by atoms with Gasteiger partial charge in [-0.05, 0) is 31.5 Å². The number of amides is 1. The molecule has 3 rings (SSSR count). The van der Waals surface area contributed by atoms with Crippen molar-refractivity contribution in [3.63, 3.8) is 0 Å². The predicted octanol–water partition coefficient (Wildman–Crippen LogP) is 5.35. The molecule has 7 heteroatoms. The van der Waals surface area contributed by atoms with E-state index in [0.717, 1.165) is 16.3 Å². The van der Waals surface area contributed by atoms with E-state index in [9.17, 15) is 4.79 Å². The number of benzene rings is 2. The van der Waals surface area contributed by atoms with Crippen molar-refractivity contribution in [2.24, 2.45) is 0 Å². The zero-order valence-electron chi connectivity index (χ0n) is 14.5. The SMILES string of the molecule is Cc1cc(C)cc(CSCC(=O)Nc2nnc(-c3ccc(Cl)cc3)s2)c1. The van der Waals surface area contributed by atoms with Gasteiger partial charge in [0.2, 0.25) is 11.0 Å². The zero-order chi connectivity index (χ0) is 18.5. The van der Waals surface area contributed by atoms with Crippen LogP contribution in [-0.4, -0.2) is 21.9 Å². The summed E-state index contributed by atoms with van der Waals surface area (Å²) in [5, 5.41) is 12.9. The molecule has 1 N–H and O–H groups in total. The van der Waals surface area contributed by atoms with Crippen LogP contribution in [0, 0.1) is 13.8 Å². The Kier molecular flexibility index (Phi) is 6.29. The van der Waals surface area contributed by atoms with E-state index in [1.807, 2.05) is 12.1 Å². The molecule has 1 amide bonds. The van der Waals surface area contributed by atoms with E-state index in [1.54, 1.807) is 23.9 Å². The van der Waals surface area contributed by atoms with Crippen molar-refractivity contribution in [3.8, 4) is 10.6 Å². The number of halogens is 1. The first-order valence-electron chi connectivity index (χ1n) is 8.04. The van der Waals surface area contributed by atoms with E-state index >= 15 is 0 Å². The Balaban J connectivity index is 1.51. The number of thioether (sulfide) groups is 1. The van der Waals surface area contributed by atoms with Crippen LogP contribution in [0.25, 0.3) is 10.6 Å². The number of hydrogen-bond acceptors (Lipinski definition) is 5. The molecular formula is C19H18ClN3OS2. The van der Waals surface area contributed by atoms with Crippen LogP contribution in [0.2, 0.25) is 5.02 Å². The summed E-state index contributed by atoms with van der Waals surface area (Å²) in [4.78, 5) is 12.1. The molecule has 1 heterocycles. The number of anilines is 1. The summed E-state index contributed by atoms with van der Waals surface area (Å²) in [5.74, 6) is 1.11. The molecule has 1 aromatic heterocycles. The summed E-state index contributed by atoms with van der Waals surface area (Å²) in [6.07, 6.45) is 0. The molecule has 0 bridgehead atoms. The zero-order valence-corrected chi connectivity index (χ0v) is 16.8. The molecule has 0 aliphatic rings. The van der Waals surface area contributed by atoms with Crippen molar-refractivity contribution >= 4 is 45.7 Å². The lowest BCUT2D eigenvalue weighted by atomic mass is 10.1. The fourth-order valence-corrected chi connectivity index (χ4v) is 4.21. The van der Waals surface area contributed by atoms with E-state index in [-0.39, 0.29) is 5.91 Å². The summed E-state index contributed by atoms with van der Waals surface area (Å²) in [7, 11) is 0. The van der Waals surface area contributed by atoms with E-state index in [1.165, 1.54) is 28.0 Å². The predicted molar refractivity (Wildman–Crippen MR) is 111 cm³/mol. The van der Waals surface area contributed by atoms with Gasteiger partial charge in [-0.1, -0.05) is 64.4 Å². The van der Waals surface area contributed by atoms with E-state index in [4.69, 9.17) is 11.6 Å².